The van der Waals surface area contributed by atoms with E-state index in [1.807, 2.05) is 0 Å². The Morgan fingerprint density at radius 3 is 2.59 bits per heavy atom. The number of halogens is 1. The molecule has 0 unspecified atom stereocenters. The molecule has 7 nitrogen and oxygen atoms in total. The van der Waals surface area contributed by atoms with E-state index in [1.165, 1.54) is 25.3 Å². The average molecular weight is 405 g/mol. The SMILES string of the molecule is COc1ccc(/C=C(\Sc2nnc(-c3ccc(Cl)cc3)o2)C(=O)O)cc1O. The van der Waals surface area contributed by atoms with E-state index in [0.717, 1.165) is 11.8 Å². The third-order valence-corrected chi connectivity index (χ3v) is 4.51. The molecule has 0 spiro atoms. The first-order chi connectivity index (χ1) is 13.0. The van der Waals surface area contributed by atoms with Crippen molar-refractivity contribution < 1.29 is 24.2 Å². The number of ether oxygens (including phenoxy) is 1. The van der Waals surface area contributed by atoms with Crippen LogP contribution in [0.3, 0.4) is 0 Å². The Labute approximate surface area is 163 Å². The summed E-state index contributed by atoms with van der Waals surface area (Å²) in [7, 11) is 1.43. The summed E-state index contributed by atoms with van der Waals surface area (Å²) in [5.41, 5.74) is 1.15. The predicted octanol–water partition coefficient (Wildman–Crippen LogP) is 4.32. The van der Waals surface area contributed by atoms with Gasteiger partial charge in [0, 0.05) is 10.6 Å². The van der Waals surface area contributed by atoms with Crippen LogP contribution in [0.4, 0.5) is 0 Å². The van der Waals surface area contributed by atoms with Crippen LogP contribution in [0.5, 0.6) is 11.5 Å². The topological polar surface area (TPSA) is 106 Å². The van der Waals surface area contributed by atoms with Crippen LogP contribution in [0.25, 0.3) is 17.5 Å². The number of methoxy groups -OCH3 is 1. The molecule has 0 amide bonds. The Morgan fingerprint density at radius 1 is 1.22 bits per heavy atom. The normalized spacial score (nSPS) is 11.4. The summed E-state index contributed by atoms with van der Waals surface area (Å²) >= 11 is 6.65. The minimum Gasteiger partial charge on any atom is -0.504 e. The molecule has 0 aliphatic rings. The van der Waals surface area contributed by atoms with Crippen molar-refractivity contribution in [3.05, 3.63) is 58.0 Å². The van der Waals surface area contributed by atoms with Gasteiger partial charge in [0.15, 0.2) is 11.5 Å². The van der Waals surface area contributed by atoms with Gasteiger partial charge in [0.25, 0.3) is 5.22 Å². The second-order valence-corrected chi connectivity index (χ2v) is 6.66. The van der Waals surface area contributed by atoms with Gasteiger partial charge in [0.2, 0.25) is 5.89 Å². The van der Waals surface area contributed by atoms with Crippen LogP contribution in [0.15, 0.2) is 57.0 Å². The van der Waals surface area contributed by atoms with Crippen LogP contribution in [-0.4, -0.2) is 33.5 Å². The van der Waals surface area contributed by atoms with Gasteiger partial charge in [-0.05, 0) is 59.8 Å². The van der Waals surface area contributed by atoms with E-state index in [0.29, 0.717) is 21.9 Å². The third-order valence-electron chi connectivity index (χ3n) is 3.41. The molecule has 0 aliphatic heterocycles. The Hall–Kier alpha value is -2.97. The summed E-state index contributed by atoms with van der Waals surface area (Å²) in [4.78, 5) is 11.5. The molecule has 0 bridgehead atoms. The van der Waals surface area contributed by atoms with E-state index in [2.05, 4.69) is 10.2 Å². The van der Waals surface area contributed by atoms with Gasteiger partial charge in [0.05, 0.1) is 7.11 Å². The summed E-state index contributed by atoms with van der Waals surface area (Å²) in [5, 5.41) is 27.7. The number of aliphatic carboxylic acids is 1. The third kappa shape index (κ3) is 4.60. The van der Waals surface area contributed by atoms with Crippen molar-refractivity contribution in [3.63, 3.8) is 0 Å². The lowest BCUT2D eigenvalue weighted by Crippen LogP contribution is -1.96. The molecule has 2 N–H and O–H groups in total. The highest BCUT2D eigenvalue weighted by Gasteiger charge is 2.16. The molecule has 3 aromatic rings. The first-order valence-corrected chi connectivity index (χ1v) is 8.75. The van der Waals surface area contributed by atoms with Crippen molar-refractivity contribution >= 4 is 35.4 Å². The first kappa shape index (κ1) is 18.8. The summed E-state index contributed by atoms with van der Waals surface area (Å²) in [6, 6.07) is 11.4. The Balaban J connectivity index is 1.84. The van der Waals surface area contributed by atoms with E-state index < -0.39 is 5.97 Å². The number of benzene rings is 2. The standard InChI is InChI=1S/C18H13ClN2O5S/c1-25-14-7-2-10(8-13(14)22)9-15(17(23)24)27-18-21-20-16(26-18)11-3-5-12(19)6-4-11/h2-9,22H,1H3,(H,23,24)/b15-9-. The molecule has 1 aromatic heterocycles. The zero-order chi connectivity index (χ0) is 19.4. The number of rotatable bonds is 6. The van der Waals surface area contributed by atoms with E-state index in [4.69, 9.17) is 20.8 Å². The van der Waals surface area contributed by atoms with E-state index >= 15 is 0 Å². The van der Waals surface area contributed by atoms with Crippen LogP contribution in [0.1, 0.15) is 5.56 Å². The fraction of sp³-hybridized carbons (Fsp3) is 0.0556. The molecule has 9 heteroatoms. The van der Waals surface area contributed by atoms with E-state index in [9.17, 15) is 15.0 Å². The number of thioether (sulfide) groups is 1. The monoisotopic (exact) mass is 404 g/mol. The van der Waals surface area contributed by atoms with E-state index in [1.54, 1.807) is 30.3 Å². The lowest BCUT2D eigenvalue weighted by Gasteiger charge is -2.04. The number of hydrogen-bond donors (Lipinski definition) is 2. The zero-order valence-electron chi connectivity index (χ0n) is 13.9. The Kier molecular flexibility index (Phi) is 5.68. The van der Waals surface area contributed by atoms with Gasteiger partial charge in [0.1, 0.15) is 4.91 Å². The second-order valence-electron chi connectivity index (χ2n) is 5.23. The zero-order valence-corrected chi connectivity index (χ0v) is 15.5. The number of carboxylic acids is 1. The molecule has 2 aromatic carbocycles. The van der Waals surface area contributed by atoms with Crippen LogP contribution in [0, 0.1) is 0 Å². The average Bonchev–Trinajstić information content (AvgIpc) is 3.10. The Morgan fingerprint density at radius 2 is 1.96 bits per heavy atom. The second kappa shape index (κ2) is 8.15. The molecule has 0 saturated carbocycles. The molecule has 0 saturated heterocycles. The summed E-state index contributed by atoms with van der Waals surface area (Å²) < 4.78 is 10.5. The molecule has 0 atom stereocenters. The van der Waals surface area contributed by atoms with Gasteiger partial charge >= 0.3 is 5.97 Å². The number of nitrogens with zero attached hydrogens (tertiary/aromatic N) is 2. The Bertz CT molecular complexity index is 1000. The highest BCUT2D eigenvalue weighted by Crippen LogP contribution is 2.32. The maximum atomic E-state index is 11.5. The molecular weight excluding hydrogens is 392 g/mol. The minimum atomic E-state index is -1.17. The quantitative estimate of drug-likeness (QED) is 0.462. The highest BCUT2D eigenvalue weighted by molar-refractivity contribution is 8.03. The molecule has 1 heterocycles. The van der Waals surface area contributed by atoms with Crippen molar-refractivity contribution in [2.75, 3.05) is 7.11 Å². The highest BCUT2D eigenvalue weighted by atomic mass is 35.5. The summed E-state index contributed by atoms with van der Waals surface area (Å²) in [5.74, 6) is -0.715. The van der Waals surface area contributed by atoms with Crippen LogP contribution in [0.2, 0.25) is 5.02 Å². The molecule has 0 radical (unpaired) electrons. The fourth-order valence-electron chi connectivity index (χ4n) is 2.14. The van der Waals surface area contributed by atoms with Crippen molar-refractivity contribution in [2.24, 2.45) is 0 Å². The fourth-order valence-corrected chi connectivity index (χ4v) is 2.94. The lowest BCUT2D eigenvalue weighted by molar-refractivity contribution is -0.131. The maximum Gasteiger partial charge on any atom is 0.342 e. The van der Waals surface area contributed by atoms with Gasteiger partial charge in [-0.25, -0.2) is 4.79 Å². The minimum absolute atomic E-state index is 0.0501. The smallest absolute Gasteiger partial charge is 0.342 e. The number of hydrogen-bond acceptors (Lipinski definition) is 7. The molecule has 3 rings (SSSR count). The van der Waals surface area contributed by atoms with Crippen molar-refractivity contribution in [2.45, 2.75) is 5.22 Å². The lowest BCUT2D eigenvalue weighted by atomic mass is 10.2. The number of aromatic hydroxyl groups is 1. The van der Waals surface area contributed by atoms with Crippen LogP contribution in [-0.2, 0) is 4.79 Å². The maximum absolute atomic E-state index is 11.5. The number of aromatic nitrogens is 2. The first-order valence-electron chi connectivity index (χ1n) is 7.55. The van der Waals surface area contributed by atoms with Crippen LogP contribution >= 0.6 is 23.4 Å². The van der Waals surface area contributed by atoms with Gasteiger partial charge < -0.3 is 19.4 Å². The summed E-state index contributed by atoms with van der Waals surface area (Å²) in [6.45, 7) is 0. The van der Waals surface area contributed by atoms with E-state index in [-0.39, 0.29) is 21.8 Å². The van der Waals surface area contributed by atoms with Crippen molar-refractivity contribution in [1.29, 1.82) is 0 Å². The van der Waals surface area contributed by atoms with Crippen LogP contribution < -0.4 is 4.74 Å². The number of phenols is 1. The molecule has 27 heavy (non-hydrogen) atoms. The number of carbonyl (C=O) groups is 1. The van der Waals surface area contributed by atoms with Gasteiger partial charge in [-0.15, -0.1) is 10.2 Å². The van der Waals surface area contributed by atoms with Gasteiger partial charge in [-0.2, -0.15) is 0 Å². The van der Waals surface area contributed by atoms with Gasteiger partial charge in [-0.3, -0.25) is 0 Å². The molecule has 138 valence electrons. The summed E-state index contributed by atoms with van der Waals surface area (Å²) in [6.07, 6.45) is 1.39. The van der Waals surface area contributed by atoms with Crippen molar-refractivity contribution in [3.8, 4) is 23.0 Å². The molecule has 0 aliphatic carbocycles. The van der Waals surface area contributed by atoms with Crippen molar-refractivity contribution in [1.82, 2.24) is 10.2 Å². The largest absolute Gasteiger partial charge is 0.504 e. The molecular formula is C18H13ClN2O5S. The number of phenolic OH excluding ortho intramolecular Hbond substituents is 1. The molecule has 0 fully saturated rings. The van der Waals surface area contributed by atoms with Gasteiger partial charge in [-0.1, -0.05) is 17.7 Å². The number of carboxylic acid groups (broad SMARTS) is 1. The predicted molar refractivity (Wildman–Crippen MR) is 101 cm³/mol.